The van der Waals surface area contributed by atoms with Crippen molar-refractivity contribution in [1.29, 1.82) is 0 Å². The maximum Gasteiger partial charge on any atom is 0.416 e. The molecule has 2 aromatic carbocycles. The predicted molar refractivity (Wildman–Crippen MR) is 99.6 cm³/mol. The summed E-state index contributed by atoms with van der Waals surface area (Å²) in [7, 11) is 0. The number of hydrogen-bond donors (Lipinski definition) is 0. The molecule has 0 N–H and O–H groups in total. The fourth-order valence-corrected chi connectivity index (χ4v) is 5.02. The Morgan fingerprint density at radius 2 is 1.90 bits per heavy atom. The zero-order valence-corrected chi connectivity index (χ0v) is 15.7. The molecule has 3 atom stereocenters. The van der Waals surface area contributed by atoms with Crippen LogP contribution in [0.15, 0.2) is 54.6 Å². The summed E-state index contributed by atoms with van der Waals surface area (Å²) in [5.41, 5.74) is 0.327. The first kappa shape index (κ1) is 18.6. The van der Waals surface area contributed by atoms with Crippen molar-refractivity contribution in [2.45, 2.75) is 43.4 Å². The van der Waals surface area contributed by atoms with Gasteiger partial charge in [-0.3, -0.25) is 9.69 Å². The molecular formula is C22H21F3N2O2. The third-order valence-corrected chi connectivity index (χ3v) is 6.35. The predicted octanol–water partition coefficient (Wildman–Crippen LogP) is 3.98. The minimum Gasteiger partial charge on any atom is -0.344 e. The lowest BCUT2D eigenvalue weighted by Gasteiger charge is -2.32. The van der Waals surface area contributed by atoms with Gasteiger partial charge in [-0.15, -0.1) is 0 Å². The van der Waals surface area contributed by atoms with Gasteiger partial charge in [-0.2, -0.15) is 13.2 Å². The molecule has 0 aromatic heterocycles. The summed E-state index contributed by atoms with van der Waals surface area (Å²) in [5.74, 6) is 0.0576. The molecule has 0 aliphatic carbocycles. The van der Waals surface area contributed by atoms with Gasteiger partial charge in [-0.05, 0) is 17.2 Å². The maximum absolute atomic E-state index is 13.0. The number of benzene rings is 2. The minimum atomic E-state index is -4.36. The average molecular weight is 402 g/mol. The van der Waals surface area contributed by atoms with Gasteiger partial charge in [0.05, 0.1) is 18.2 Å². The number of carbonyl (C=O) groups excluding carboxylic acids is 1. The Balaban J connectivity index is 1.38. The summed E-state index contributed by atoms with van der Waals surface area (Å²) in [6, 6.07) is 15.1. The van der Waals surface area contributed by atoms with Gasteiger partial charge in [-0.1, -0.05) is 48.5 Å². The Bertz CT molecular complexity index is 933. The monoisotopic (exact) mass is 402 g/mol. The highest BCUT2D eigenvalue weighted by Crippen LogP contribution is 2.50. The van der Waals surface area contributed by atoms with E-state index >= 15 is 0 Å². The van der Waals surface area contributed by atoms with Crippen LogP contribution in [0.2, 0.25) is 0 Å². The van der Waals surface area contributed by atoms with Gasteiger partial charge in [0, 0.05) is 25.9 Å². The fraction of sp³-hybridized carbons (Fsp3) is 0.409. The normalized spacial score (nSPS) is 29.3. The lowest BCUT2D eigenvalue weighted by molar-refractivity contribution is -0.139. The highest BCUT2D eigenvalue weighted by molar-refractivity contribution is 5.81. The number of likely N-dealkylation sites (tertiary alicyclic amines) is 1. The molecule has 0 saturated carbocycles. The quantitative estimate of drug-likeness (QED) is 0.779. The molecule has 7 heteroatoms. The van der Waals surface area contributed by atoms with Crippen molar-refractivity contribution in [2.24, 2.45) is 0 Å². The smallest absolute Gasteiger partial charge is 0.344 e. The molecule has 0 unspecified atom stereocenters. The van der Waals surface area contributed by atoms with Crippen molar-refractivity contribution in [3.8, 4) is 0 Å². The Morgan fingerprint density at radius 3 is 2.66 bits per heavy atom. The molecular weight excluding hydrogens is 381 g/mol. The highest BCUT2D eigenvalue weighted by atomic mass is 19.4. The minimum absolute atomic E-state index is 0.0576. The zero-order valence-electron chi connectivity index (χ0n) is 15.7. The van der Waals surface area contributed by atoms with Crippen molar-refractivity contribution in [3.63, 3.8) is 0 Å². The lowest BCUT2D eigenvalue weighted by atomic mass is 10.1. The first-order chi connectivity index (χ1) is 13.9. The van der Waals surface area contributed by atoms with E-state index in [0.29, 0.717) is 38.0 Å². The van der Waals surface area contributed by atoms with Gasteiger partial charge in [0.2, 0.25) is 5.91 Å². The first-order valence-corrected chi connectivity index (χ1v) is 9.80. The summed E-state index contributed by atoms with van der Waals surface area (Å²) in [4.78, 5) is 16.6. The molecule has 5 rings (SSSR count). The second-order valence-electron chi connectivity index (χ2n) is 8.00. The van der Waals surface area contributed by atoms with E-state index in [4.69, 9.17) is 4.74 Å². The summed E-state index contributed by atoms with van der Waals surface area (Å²) >= 11 is 0. The molecule has 1 spiro atoms. The van der Waals surface area contributed by atoms with E-state index in [2.05, 4.69) is 4.90 Å². The van der Waals surface area contributed by atoms with Crippen LogP contribution < -0.4 is 0 Å². The van der Waals surface area contributed by atoms with Gasteiger partial charge in [0.15, 0.2) is 5.72 Å². The van der Waals surface area contributed by atoms with Crippen LogP contribution in [0.25, 0.3) is 0 Å². The Hall–Kier alpha value is -2.38. The number of rotatable bonds is 3. The van der Waals surface area contributed by atoms with Gasteiger partial charge < -0.3 is 9.64 Å². The van der Waals surface area contributed by atoms with Gasteiger partial charge in [0.25, 0.3) is 0 Å². The average Bonchev–Trinajstić information content (AvgIpc) is 3.32. The Morgan fingerprint density at radius 1 is 1.10 bits per heavy atom. The summed E-state index contributed by atoms with van der Waals surface area (Å²) in [6.07, 6.45) is -3.51. The number of nitrogens with zero attached hydrogens (tertiary/aromatic N) is 2. The zero-order chi connectivity index (χ0) is 20.2. The second kappa shape index (κ2) is 6.57. The molecule has 1 amide bonds. The van der Waals surface area contributed by atoms with Crippen molar-refractivity contribution in [1.82, 2.24) is 9.80 Å². The maximum atomic E-state index is 13.0. The Kier molecular flexibility index (Phi) is 4.22. The largest absolute Gasteiger partial charge is 0.416 e. The summed E-state index contributed by atoms with van der Waals surface area (Å²) in [5, 5.41) is 0. The lowest BCUT2D eigenvalue weighted by Crippen LogP contribution is -2.47. The molecule has 0 bridgehead atoms. The Labute approximate surface area is 166 Å². The number of ether oxygens (including phenoxy) is 1. The third-order valence-electron chi connectivity index (χ3n) is 6.35. The van der Waals surface area contributed by atoms with Crippen molar-refractivity contribution >= 4 is 5.91 Å². The molecule has 2 aromatic rings. The number of amides is 1. The molecule has 152 valence electrons. The van der Waals surface area contributed by atoms with E-state index in [1.807, 2.05) is 35.2 Å². The van der Waals surface area contributed by atoms with Crippen LogP contribution in [0.5, 0.6) is 0 Å². The second-order valence-corrected chi connectivity index (χ2v) is 8.00. The van der Waals surface area contributed by atoms with E-state index in [1.54, 1.807) is 6.07 Å². The number of hydrogen-bond acceptors (Lipinski definition) is 3. The highest BCUT2D eigenvalue weighted by Gasteiger charge is 2.63. The number of carbonyl (C=O) groups is 1. The molecule has 0 radical (unpaired) electrons. The molecule has 3 aliphatic rings. The van der Waals surface area contributed by atoms with Gasteiger partial charge in [0.1, 0.15) is 6.10 Å². The molecule has 3 saturated heterocycles. The van der Waals surface area contributed by atoms with E-state index in [9.17, 15) is 18.0 Å². The molecule has 3 aliphatic heterocycles. The van der Waals surface area contributed by atoms with Crippen LogP contribution in [0, 0.1) is 0 Å². The topological polar surface area (TPSA) is 32.8 Å². The van der Waals surface area contributed by atoms with Gasteiger partial charge in [-0.25, -0.2) is 0 Å². The van der Waals surface area contributed by atoms with Crippen LogP contribution in [0.1, 0.15) is 35.6 Å². The number of halogens is 3. The van der Waals surface area contributed by atoms with E-state index < -0.39 is 17.5 Å². The van der Waals surface area contributed by atoms with E-state index in [-0.39, 0.29) is 18.1 Å². The van der Waals surface area contributed by atoms with Crippen LogP contribution >= 0.6 is 0 Å². The van der Waals surface area contributed by atoms with Crippen molar-refractivity contribution in [3.05, 3.63) is 71.3 Å². The summed E-state index contributed by atoms with van der Waals surface area (Å²) < 4.78 is 45.6. The fourth-order valence-electron chi connectivity index (χ4n) is 5.02. The van der Waals surface area contributed by atoms with Crippen LogP contribution in [0.4, 0.5) is 13.2 Å². The first-order valence-electron chi connectivity index (χ1n) is 9.80. The van der Waals surface area contributed by atoms with Crippen molar-refractivity contribution < 1.29 is 22.7 Å². The standard InChI is InChI=1S/C22H21F3N2O2/c23-22(24,25)17-8-4-5-15(11-17)13-26-10-9-21-19(26)12-20(28)27(21)14-18(29-21)16-6-2-1-3-7-16/h1-8,11,18-19H,9-10,12-14H2/t18-,19-,21+/m1/s1. The molecule has 3 fully saturated rings. The molecule has 3 heterocycles. The van der Waals surface area contributed by atoms with Crippen LogP contribution in [-0.2, 0) is 22.3 Å². The SMILES string of the molecule is O=C1C[C@H]2N(Cc3cccc(C(F)(F)F)c3)CC[C@]23O[C@@H](c2ccccc2)CN13. The van der Waals surface area contributed by atoms with E-state index in [1.165, 1.54) is 12.1 Å². The molecule has 4 nitrogen and oxygen atoms in total. The molecule has 29 heavy (non-hydrogen) atoms. The third kappa shape index (κ3) is 3.04. The van der Waals surface area contributed by atoms with Gasteiger partial charge >= 0.3 is 6.18 Å². The number of alkyl halides is 3. The van der Waals surface area contributed by atoms with E-state index in [0.717, 1.165) is 11.6 Å². The van der Waals surface area contributed by atoms with Crippen LogP contribution in [0.3, 0.4) is 0 Å². The van der Waals surface area contributed by atoms with Crippen LogP contribution in [-0.4, -0.2) is 40.6 Å². The summed E-state index contributed by atoms with van der Waals surface area (Å²) in [6.45, 7) is 1.58. The van der Waals surface area contributed by atoms with Crippen molar-refractivity contribution in [2.75, 3.05) is 13.1 Å².